The van der Waals surface area contributed by atoms with Gasteiger partial charge in [0.25, 0.3) is 0 Å². The van der Waals surface area contributed by atoms with Crippen molar-refractivity contribution in [2.75, 3.05) is 0 Å². The van der Waals surface area contributed by atoms with Crippen molar-refractivity contribution in [3.63, 3.8) is 0 Å². The smallest absolute Gasteiger partial charge is 0.156 e. The molecule has 1 aliphatic rings. The molecule has 0 saturated heterocycles. The molecule has 4 aromatic rings. The van der Waals surface area contributed by atoms with E-state index in [0.29, 0.717) is 0 Å². The molecule has 1 aromatic heterocycles. The van der Waals surface area contributed by atoms with Crippen molar-refractivity contribution < 1.29 is 4.57 Å². The summed E-state index contributed by atoms with van der Waals surface area (Å²) in [4.78, 5) is 0. The molecule has 2 heteroatoms. The van der Waals surface area contributed by atoms with Crippen LogP contribution in [0, 0.1) is 0 Å². The van der Waals surface area contributed by atoms with Crippen LogP contribution in [0.3, 0.4) is 0 Å². The van der Waals surface area contributed by atoms with E-state index in [0.717, 1.165) is 4.47 Å². The van der Waals surface area contributed by atoms with Crippen LogP contribution < -0.4 is 4.57 Å². The van der Waals surface area contributed by atoms with Gasteiger partial charge in [-0.15, -0.1) is 0 Å². The molecule has 0 aliphatic carbocycles. The van der Waals surface area contributed by atoms with Gasteiger partial charge in [-0.25, -0.2) is 0 Å². The van der Waals surface area contributed by atoms with Crippen molar-refractivity contribution in [3.05, 3.63) is 107 Å². The van der Waals surface area contributed by atoms with Gasteiger partial charge in [0.2, 0.25) is 11.4 Å². The van der Waals surface area contributed by atoms with Gasteiger partial charge in [0.05, 0.1) is 5.41 Å². The number of nitrogens with zero attached hydrogens (tertiary/aromatic N) is 1. The molecular weight excluding hydrogens is 406 g/mol. The Morgan fingerprint density at radius 1 is 0.679 bits per heavy atom. The minimum atomic E-state index is -0.0760. The third-order valence-corrected chi connectivity index (χ3v) is 6.25. The highest BCUT2D eigenvalue weighted by Crippen LogP contribution is 2.42. The van der Waals surface area contributed by atoms with Crippen molar-refractivity contribution >= 4 is 15.9 Å². The highest BCUT2D eigenvalue weighted by atomic mass is 79.9. The SMILES string of the molecule is CC1(C)c2cc(Br)ccc2-[n+]2c(-c3ccccc3)cc(-c3ccccc3)cc21. The lowest BCUT2D eigenvalue weighted by Crippen LogP contribution is -2.37. The van der Waals surface area contributed by atoms with E-state index in [4.69, 9.17) is 0 Å². The lowest BCUT2D eigenvalue weighted by atomic mass is 9.82. The molecule has 1 aliphatic heterocycles. The topological polar surface area (TPSA) is 3.88 Å². The molecule has 0 radical (unpaired) electrons. The molecule has 0 fully saturated rings. The highest BCUT2D eigenvalue weighted by molar-refractivity contribution is 9.10. The van der Waals surface area contributed by atoms with Gasteiger partial charge in [0.15, 0.2) is 5.69 Å². The normalized spacial score (nSPS) is 13.8. The summed E-state index contributed by atoms with van der Waals surface area (Å²) in [5.41, 5.74) is 8.82. The monoisotopic (exact) mass is 426 g/mol. The molecule has 0 bridgehead atoms. The fraction of sp³-hybridized carbons (Fsp3) is 0.115. The van der Waals surface area contributed by atoms with Crippen LogP contribution in [0.25, 0.3) is 28.1 Å². The Morgan fingerprint density at radius 3 is 2.00 bits per heavy atom. The molecule has 0 unspecified atom stereocenters. The first kappa shape index (κ1) is 17.4. The number of hydrogen-bond acceptors (Lipinski definition) is 0. The second-order valence-electron chi connectivity index (χ2n) is 7.87. The third kappa shape index (κ3) is 2.63. The van der Waals surface area contributed by atoms with E-state index in [-0.39, 0.29) is 5.41 Å². The summed E-state index contributed by atoms with van der Waals surface area (Å²) < 4.78 is 3.56. The van der Waals surface area contributed by atoms with E-state index in [1.807, 2.05) is 0 Å². The van der Waals surface area contributed by atoms with Crippen molar-refractivity contribution in [2.45, 2.75) is 19.3 Å². The summed E-state index contributed by atoms with van der Waals surface area (Å²) in [6.07, 6.45) is 0. The second-order valence-corrected chi connectivity index (χ2v) is 8.78. The lowest BCUT2D eigenvalue weighted by molar-refractivity contribution is -0.588. The van der Waals surface area contributed by atoms with Crippen LogP contribution in [-0.4, -0.2) is 0 Å². The molecule has 3 aromatic carbocycles. The summed E-state index contributed by atoms with van der Waals surface area (Å²) in [5.74, 6) is 0. The number of benzene rings is 3. The third-order valence-electron chi connectivity index (χ3n) is 5.76. The Bertz CT molecular complexity index is 1180. The van der Waals surface area contributed by atoms with E-state index in [2.05, 4.69) is 125 Å². The molecule has 0 saturated carbocycles. The van der Waals surface area contributed by atoms with Gasteiger partial charge in [-0.2, -0.15) is 4.57 Å². The summed E-state index contributed by atoms with van der Waals surface area (Å²) in [6, 6.07) is 32.6. The lowest BCUT2D eigenvalue weighted by Gasteiger charge is -2.16. The van der Waals surface area contributed by atoms with Crippen LogP contribution in [0.1, 0.15) is 25.1 Å². The minimum Gasteiger partial charge on any atom is -0.156 e. The van der Waals surface area contributed by atoms with E-state index >= 15 is 0 Å². The van der Waals surface area contributed by atoms with Crippen LogP contribution >= 0.6 is 15.9 Å². The zero-order valence-corrected chi connectivity index (χ0v) is 17.6. The number of fused-ring (bicyclic) bond motifs is 3. The first-order valence-corrected chi connectivity index (χ1v) is 10.4. The molecule has 1 nitrogen and oxygen atoms in total. The number of pyridine rings is 1. The van der Waals surface area contributed by atoms with E-state index in [1.165, 1.54) is 39.3 Å². The van der Waals surface area contributed by atoms with Gasteiger partial charge >= 0.3 is 0 Å². The maximum Gasteiger partial charge on any atom is 0.219 e. The van der Waals surface area contributed by atoms with Gasteiger partial charge in [-0.3, -0.25) is 0 Å². The second kappa shape index (κ2) is 6.42. The standard InChI is InChI=1S/C26H21BrN/c1-26(2)22-17-21(27)13-14-23(22)28-24(19-11-7-4-8-12-19)15-20(16-25(26)28)18-9-5-3-6-10-18/h3-17H,1-2H3/q+1. The fourth-order valence-corrected chi connectivity index (χ4v) is 4.64. The Hall–Kier alpha value is -2.71. The van der Waals surface area contributed by atoms with Crippen molar-refractivity contribution in [1.29, 1.82) is 0 Å². The van der Waals surface area contributed by atoms with Crippen LogP contribution in [0.5, 0.6) is 0 Å². The quantitative estimate of drug-likeness (QED) is 0.314. The van der Waals surface area contributed by atoms with E-state index < -0.39 is 0 Å². The van der Waals surface area contributed by atoms with Gasteiger partial charge in [-0.1, -0.05) is 64.5 Å². The number of rotatable bonds is 2. The maximum atomic E-state index is 3.67. The number of aromatic nitrogens is 1. The van der Waals surface area contributed by atoms with Crippen LogP contribution in [0.2, 0.25) is 0 Å². The number of halogens is 1. The Kier molecular flexibility index (Phi) is 3.99. The molecule has 0 atom stereocenters. The first-order valence-electron chi connectivity index (χ1n) is 9.57. The largest absolute Gasteiger partial charge is 0.219 e. The van der Waals surface area contributed by atoms with Crippen LogP contribution in [-0.2, 0) is 5.41 Å². The predicted molar refractivity (Wildman–Crippen MR) is 119 cm³/mol. The summed E-state index contributed by atoms with van der Waals surface area (Å²) in [5, 5.41) is 0. The molecule has 0 N–H and O–H groups in total. The van der Waals surface area contributed by atoms with Gasteiger partial charge in [0, 0.05) is 33.8 Å². The maximum absolute atomic E-state index is 3.67. The van der Waals surface area contributed by atoms with E-state index in [1.54, 1.807) is 0 Å². The summed E-state index contributed by atoms with van der Waals surface area (Å²) in [6.45, 7) is 4.64. The van der Waals surface area contributed by atoms with E-state index in [9.17, 15) is 0 Å². The Balaban J connectivity index is 1.87. The van der Waals surface area contributed by atoms with Gasteiger partial charge < -0.3 is 0 Å². The molecule has 2 heterocycles. The summed E-state index contributed by atoms with van der Waals surface area (Å²) >= 11 is 3.67. The number of hydrogen-bond donors (Lipinski definition) is 0. The minimum absolute atomic E-state index is 0.0760. The van der Waals surface area contributed by atoms with Crippen LogP contribution in [0.4, 0.5) is 0 Å². The van der Waals surface area contributed by atoms with Crippen molar-refractivity contribution in [2.24, 2.45) is 0 Å². The van der Waals surface area contributed by atoms with Gasteiger partial charge in [0.1, 0.15) is 0 Å². The molecule has 136 valence electrons. The average Bonchev–Trinajstić information content (AvgIpc) is 2.95. The molecule has 28 heavy (non-hydrogen) atoms. The molecule has 5 rings (SSSR count). The molecule has 0 amide bonds. The average molecular weight is 427 g/mol. The Labute approximate surface area is 174 Å². The highest BCUT2D eigenvalue weighted by Gasteiger charge is 2.45. The van der Waals surface area contributed by atoms with Gasteiger partial charge in [-0.05, 0) is 49.2 Å². The zero-order chi connectivity index (χ0) is 19.3. The molecule has 0 spiro atoms. The fourth-order valence-electron chi connectivity index (χ4n) is 4.28. The predicted octanol–water partition coefficient (Wildman–Crippen LogP) is 6.70. The first-order chi connectivity index (χ1) is 13.6. The van der Waals surface area contributed by atoms with Crippen molar-refractivity contribution in [1.82, 2.24) is 0 Å². The van der Waals surface area contributed by atoms with Crippen molar-refractivity contribution in [3.8, 4) is 28.1 Å². The Morgan fingerprint density at radius 2 is 1.32 bits per heavy atom. The summed E-state index contributed by atoms with van der Waals surface area (Å²) in [7, 11) is 0. The zero-order valence-electron chi connectivity index (χ0n) is 16.0. The van der Waals surface area contributed by atoms with Crippen LogP contribution in [0.15, 0.2) is 95.5 Å². The molecular formula is C26H21BrN+.